The van der Waals surface area contributed by atoms with Gasteiger partial charge in [0.1, 0.15) is 0 Å². The van der Waals surface area contributed by atoms with E-state index in [1.54, 1.807) is 7.11 Å². The molecule has 0 aliphatic carbocycles. The molecule has 0 rings (SSSR count). The van der Waals surface area contributed by atoms with Crippen molar-refractivity contribution in [3.05, 3.63) is 0 Å². The van der Waals surface area contributed by atoms with Gasteiger partial charge in [-0.05, 0) is 31.3 Å². The van der Waals surface area contributed by atoms with Gasteiger partial charge in [0, 0.05) is 13.7 Å². The van der Waals surface area contributed by atoms with Crippen molar-refractivity contribution in [2.24, 2.45) is 11.8 Å². The fourth-order valence-electron chi connectivity index (χ4n) is 1.11. The zero-order valence-electron chi connectivity index (χ0n) is 8.89. The Bertz CT molecular complexity index is 93.8. The van der Waals surface area contributed by atoms with Crippen molar-refractivity contribution in [3.8, 4) is 0 Å². The van der Waals surface area contributed by atoms with E-state index in [0.717, 1.165) is 25.6 Å². The number of methoxy groups -OCH3 is 1. The lowest BCUT2D eigenvalue weighted by Crippen LogP contribution is -2.23. The van der Waals surface area contributed by atoms with Crippen LogP contribution in [0.5, 0.6) is 0 Å². The molecule has 0 saturated carbocycles. The van der Waals surface area contributed by atoms with Crippen molar-refractivity contribution in [2.75, 3.05) is 26.8 Å². The predicted molar refractivity (Wildman–Crippen MR) is 53.4 cm³/mol. The first-order valence-electron chi connectivity index (χ1n) is 4.86. The van der Waals surface area contributed by atoms with E-state index < -0.39 is 0 Å². The summed E-state index contributed by atoms with van der Waals surface area (Å²) in [6.45, 7) is 9.80. The largest absolute Gasteiger partial charge is 0.384 e. The molecule has 1 unspecified atom stereocenters. The Morgan fingerprint density at radius 1 is 1.25 bits per heavy atom. The first kappa shape index (κ1) is 11.9. The number of hydrogen-bond donors (Lipinski definition) is 1. The highest BCUT2D eigenvalue weighted by molar-refractivity contribution is 4.56. The lowest BCUT2D eigenvalue weighted by atomic mass is 10.1. The van der Waals surface area contributed by atoms with Gasteiger partial charge in [0.15, 0.2) is 0 Å². The molecule has 0 aliphatic rings. The average molecular weight is 173 g/mol. The van der Waals surface area contributed by atoms with Gasteiger partial charge in [0.05, 0.1) is 0 Å². The lowest BCUT2D eigenvalue weighted by Gasteiger charge is -2.11. The summed E-state index contributed by atoms with van der Waals surface area (Å²) in [5.74, 6) is 1.43. The Hall–Kier alpha value is -0.0800. The van der Waals surface area contributed by atoms with Crippen LogP contribution < -0.4 is 5.32 Å². The van der Waals surface area contributed by atoms with Gasteiger partial charge in [-0.25, -0.2) is 0 Å². The molecule has 0 aromatic carbocycles. The van der Waals surface area contributed by atoms with Crippen LogP contribution in [-0.4, -0.2) is 26.8 Å². The Labute approximate surface area is 76.7 Å². The van der Waals surface area contributed by atoms with E-state index in [1.807, 2.05) is 0 Å². The molecule has 0 fully saturated rings. The first-order valence-corrected chi connectivity index (χ1v) is 4.86. The maximum Gasteiger partial charge on any atom is 0.0488 e. The third-order valence-electron chi connectivity index (χ3n) is 1.82. The Kier molecular flexibility index (Phi) is 7.51. The minimum absolute atomic E-state index is 0.676. The molecular formula is C10H23NO. The molecule has 2 heteroatoms. The molecule has 74 valence electrons. The lowest BCUT2D eigenvalue weighted by molar-refractivity contribution is 0.155. The summed E-state index contributed by atoms with van der Waals surface area (Å²) in [6, 6.07) is 0. The van der Waals surface area contributed by atoms with Crippen LogP contribution in [0.1, 0.15) is 27.2 Å². The number of ether oxygens (including phenoxy) is 1. The van der Waals surface area contributed by atoms with E-state index in [1.165, 1.54) is 6.42 Å². The summed E-state index contributed by atoms with van der Waals surface area (Å²) in [7, 11) is 1.76. The van der Waals surface area contributed by atoms with Crippen LogP contribution in [0.25, 0.3) is 0 Å². The minimum atomic E-state index is 0.676. The molecular weight excluding hydrogens is 150 g/mol. The van der Waals surface area contributed by atoms with Gasteiger partial charge >= 0.3 is 0 Å². The van der Waals surface area contributed by atoms with Gasteiger partial charge in [0.25, 0.3) is 0 Å². The second kappa shape index (κ2) is 7.56. The first-order chi connectivity index (χ1) is 5.66. The standard InChI is InChI=1S/C10H23NO/c1-9(2)7-11-6-5-10(3)8-12-4/h9-11H,5-8H2,1-4H3. The second-order valence-electron chi connectivity index (χ2n) is 3.95. The summed E-state index contributed by atoms with van der Waals surface area (Å²) < 4.78 is 5.05. The van der Waals surface area contributed by atoms with Crippen LogP contribution in [0.4, 0.5) is 0 Å². The smallest absolute Gasteiger partial charge is 0.0488 e. The zero-order chi connectivity index (χ0) is 9.40. The van der Waals surface area contributed by atoms with Crippen LogP contribution in [-0.2, 0) is 4.74 Å². The summed E-state index contributed by atoms with van der Waals surface area (Å²) in [4.78, 5) is 0. The second-order valence-corrected chi connectivity index (χ2v) is 3.95. The molecule has 0 heterocycles. The minimum Gasteiger partial charge on any atom is -0.384 e. The number of rotatable bonds is 7. The SMILES string of the molecule is COCC(C)CCNCC(C)C. The Morgan fingerprint density at radius 2 is 1.92 bits per heavy atom. The third kappa shape index (κ3) is 8.02. The van der Waals surface area contributed by atoms with Crippen LogP contribution in [0.15, 0.2) is 0 Å². The Morgan fingerprint density at radius 3 is 2.42 bits per heavy atom. The summed E-state index contributed by atoms with van der Waals surface area (Å²) in [5, 5.41) is 3.42. The molecule has 0 spiro atoms. The number of nitrogens with one attached hydrogen (secondary N) is 1. The molecule has 0 aromatic heterocycles. The topological polar surface area (TPSA) is 21.3 Å². The van der Waals surface area contributed by atoms with E-state index in [9.17, 15) is 0 Å². The fraction of sp³-hybridized carbons (Fsp3) is 1.00. The highest BCUT2D eigenvalue weighted by Gasteiger charge is 2.00. The van der Waals surface area contributed by atoms with Crippen LogP contribution in [0.2, 0.25) is 0 Å². The fourth-order valence-corrected chi connectivity index (χ4v) is 1.11. The van der Waals surface area contributed by atoms with Crippen LogP contribution in [0.3, 0.4) is 0 Å². The quantitative estimate of drug-likeness (QED) is 0.594. The van der Waals surface area contributed by atoms with Gasteiger partial charge in [0.2, 0.25) is 0 Å². The van der Waals surface area contributed by atoms with Crippen LogP contribution >= 0.6 is 0 Å². The molecule has 0 aromatic rings. The van der Waals surface area contributed by atoms with Crippen molar-refractivity contribution >= 4 is 0 Å². The van der Waals surface area contributed by atoms with Gasteiger partial charge in [-0.15, -0.1) is 0 Å². The summed E-state index contributed by atoms with van der Waals surface area (Å²) in [6.07, 6.45) is 1.21. The molecule has 12 heavy (non-hydrogen) atoms. The zero-order valence-corrected chi connectivity index (χ0v) is 8.89. The number of hydrogen-bond acceptors (Lipinski definition) is 2. The maximum atomic E-state index is 5.05. The molecule has 0 aliphatic heterocycles. The molecule has 1 atom stereocenters. The molecule has 0 amide bonds. The Balaban J connectivity index is 3.08. The van der Waals surface area contributed by atoms with Crippen LogP contribution in [0, 0.1) is 11.8 Å². The molecule has 0 saturated heterocycles. The highest BCUT2D eigenvalue weighted by Crippen LogP contribution is 2.00. The average Bonchev–Trinajstić information content (AvgIpc) is 1.98. The van der Waals surface area contributed by atoms with Crippen molar-refractivity contribution in [2.45, 2.75) is 27.2 Å². The summed E-state index contributed by atoms with van der Waals surface area (Å²) >= 11 is 0. The van der Waals surface area contributed by atoms with E-state index in [2.05, 4.69) is 26.1 Å². The molecule has 1 N–H and O–H groups in total. The monoisotopic (exact) mass is 173 g/mol. The van der Waals surface area contributed by atoms with E-state index in [-0.39, 0.29) is 0 Å². The van der Waals surface area contributed by atoms with Crippen molar-refractivity contribution in [1.82, 2.24) is 5.32 Å². The van der Waals surface area contributed by atoms with E-state index in [4.69, 9.17) is 4.74 Å². The van der Waals surface area contributed by atoms with Gasteiger partial charge < -0.3 is 10.1 Å². The molecule has 0 radical (unpaired) electrons. The van der Waals surface area contributed by atoms with Crippen molar-refractivity contribution in [1.29, 1.82) is 0 Å². The predicted octanol–water partition coefficient (Wildman–Crippen LogP) is 1.90. The van der Waals surface area contributed by atoms with Gasteiger partial charge in [-0.3, -0.25) is 0 Å². The van der Waals surface area contributed by atoms with Gasteiger partial charge in [-0.1, -0.05) is 20.8 Å². The molecule has 0 bridgehead atoms. The normalized spacial score (nSPS) is 13.8. The maximum absolute atomic E-state index is 5.05. The molecule has 2 nitrogen and oxygen atoms in total. The highest BCUT2D eigenvalue weighted by atomic mass is 16.5. The van der Waals surface area contributed by atoms with E-state index >= 15 is 0 Å². The van der Waals surface area contributed by atoms with Crippen molar-refractivity contribution in [3.63, 3.8) is 0 Å². The van der Waals surface area contributed by atoms with Gasteiger partial charge in [-0.2, -0.15) is 0 Å². The third-order valence-corrected chi connectivity index (χ3v) is 1.82. The summed E-state index contributed by atoms with van der Waals surface area (Å²) in [5.41, 5.74) is 0. The van der Waals surface area contributed by atoms with Crippen molar-refractivity contribution < 1.29 is 4.74 Å². The van der Waals surface area contributed by atoms with E-state index in [0.29, 0.717) is 5.92 Å².